The lowest BCUT2D eigenvalue weighted by atomic mass is 10.1. The molecule has 2 N–H and O–H groups in total. The first-order valence-electron chi connectivity index (χ1n) is 6.27. The van der Waals surface area contributed by atoms with Gasteiger partial charge in [0.05, 0.1) is 12.2 Å². The van der Waals surface area contributed by atoms with Gasteiger partial charge in [0, 0.05) is 24.2 Å². The lowest BCUT2D eigenvalue weighted by Crippen LogP contribution is -2.05. The molecule has 1 aromatic heterocycles. The number of benzene rings is 1. The smallest absolute Gasteiger partial charge is 0.128 e. The largest absolute Gasteiger partial charge is 0.326 e. The van der Waals surface area contributed by atoms with Crippen LogP contribution in [0.1, 0.15) is 35.6 Å². The number of nitrogens with zero attached hydrogens (tertiary/aromatic N) is 2. The molecule has 1 aromatic carbocycles. The van der Waals surface area contributed by atoms with Gasteiger partial charge in [-0.2, -0.15) is 5.10 Å². The Kier molecular flexibility index (Phi) is 2.88. The number of hydrogen-bond acceptors (Lipinski definition) is 2. The summed E-state index contributed by atoms with van der Waals surface area (Å²) in [5.74, 6) is 0.428. The lowest BCUT2D eigenvalue weighted by Gasteiger charge is -2.05. The number of aromatic nitrogens is 2. The molecule has 0 atom stereocenters. The van der Waals surface area contributed by atoms with Crippen molar-refractivity contribution in [2.24, 2.45) is 5.73 Å². The van der Waals surface area contributed by atoms with E-state index >= 15 is 0 Å². The van der Waals surface area contributed by atoms with Crippen molar-refractivity contribution in [1.29, 1.82) is 0 Å². The number of halogens is 1. The Labute approximate surface area is 105 Å². The first-order chi connectivity index (χ1) is 8.76. The summed E-state index contributed by atoms with van der Waals surface area (Å²) in [5.41, 5.74) is 8.08. The van der Waals surface area contributed by atoms with Gasteiger partial charge in [-0.3, -0.25) is 4.68 Å². The van der Waals surface area contributed by atoms with Gasteiger partial charge in [0.1, 0.15) is 5.82 Å². The summed E-state index contributed by atoms with van der Waals surface area (Å²) >= 11 is 0. The molecule has 94 valence electrons. The molecule has 0 unspecified atom stereocenters. The molecule has 0 radical (unpaired) electrons. The summed E-state index contributed by atoms with van der Waals surface area (Å²) in [5, 5.41) is 4.48. The second kappa shape index (κ2) is 4.53. The Bertz CT molecular complexity index is 558. The number of rotatable bonds is 4. The molecule has 0 spiro atoms. The third-order valence-corrected chi connectivity index (χ3v) is 3.34. The fourth-order valence-corrected chi connectivity index (χ4v) is 2.08. The fraction of sp³-hybridized carbons (Fsp3) is 0.357. The van der Waals surface area contributed by atoms with Gasteiger partial charge in [-0.15, -0.1) is 0 Å². The summed E-state index contributed by atoms with van der Waals surface area (Å²) in [6.45, 7) is 0.841. The first kappa shape index (κ1) is 11.4. The van der Waals surface area contributed by atoms with Crippen LogP contribution in [0.5, 0.6) is 0 Å². The second-order valence-corrected chi connectivity index (χ2v) is 4.84. The summed E-state index contributed by atoms with van der Waals surface area (Å²) in [6, 6.07) is 7.18. The van der Waals surface area contributed by atoms with Gasteiger partial charge >= 0.3 is 0 Å². The molecule has 0 aliphatic heterocycles. The molecular formula is C14H16FN3. The van der Waals surface area contributed by atoms with E-state index in [2.05, 4.69) is 5.10 Å². The summed E-state index contributed by atoms with van der Waals surface area (Å²) in [7, 11) is 0. The van der Waals surface area contributed by atoms with Crippen molar-refractivity contribution in [2.75, 3.05) is 0 Å². The van der Waals surface area contributed by atoms with Crippen molar-refractivity contribution in [3.63, 3.8) is 0 Å². The van der Waals surface area contributed by atoms with Gasteiger partial charge in [-0.1, -0.05) is 12.1 Å². The molecular weight excluding hydrogens is 229 g/mol. The quantitative estimate of drug-likeness (QED) is 0.899. The normalized spacial score (nSPS) is 15.0. The third-order valence-electron chi connectivity index (χ3n) is 3.34. The van der Waals surface area contributed by atoms with Crippen LogP contribution in [0.3, 0.4) is 0 Å². The molecule has 18 heavy (non-hydrogen) atoms. The van der Waals surface area contributed by atoms with Gasteiger partial charge < -0.3 is 5.73 Å². The van der Waals surface area contributed by atoms with Crippen LogP contribution in [0.15, 0.2) is 30.5 Å². The number of nitrogens with two attached hydrogens (primary N) is 1. The van der Waals surface area contributed by atoms with Crippen LogP contribution in [-0.4, -0.2) is 9.78 Å². The summed E-state index contributed by atoms with van der Waals surface area (Å²) in [4.78, 5) is 0. The Hall–Kier alpha value is -1.68. The molecule has 1 aliphatic rings. The topological polar surface area (TPSA) is 43.8 Å². The molecule has 1 saturated carbocycles. The first-order valence-corrected chi connectivity index (χ1v) is 6.27. The average molecular weight is 245 g/mol. The van der Waals surface area contributed by atoms with Crippen LogP contribution in [0.4, 0.5) is 4.39 Å². The predicted octanol–water partition coefficient (Wildman–Crippen LogP) is 2.41. The zero-order chi connectivity index (χ0) is 12.5. The molecule has 0 saturated heterocycles. The highest BCUT2D eigenvalue weighted by atomic mass is 19.1. The van der Waals surface area contributed by atoms with Crippen molar-refractivity contribution in [3.05, 3.63) is 53.1 Å². The Balaban J connectivity index is 1.78. The molecule has 0 bridgehead atoms. The Morgan fingerprint density at radius 3 is 2.83 bits per heavy atom. The highest BCUT2D eigenvalue weighted by Crippen LogP contribution is 2.38. The van der Waals surface area contributed by atoms with Crippen LogP contribution in [-0.2, 0) is 13.1 Å². The van der Waals surface area contributed by atoms with Crippen LogP contribution >= 0.6 is 0 Å². The predicted molar refractivity (Wildman–Crippen MR) is 67.6 cm³/mol. The number of hydrogen-bond donors (Lipinski definition) is 1. The van der Waals surface area contributed by atoms with Gasteiger partial charge in [0.25, 0.3) is 0 Å². The minimum Gasteiger partial charge on any atom is -0.326 e. The molecule has 2 aromatic rings. The Morgan fingerprint density at radius 2 is 2.17 bits per heavy atom. The zero-order valence-corrected chi connectivity index (χ0v) is 10.1. The van der Waals surface area contributed by atoms with Gasteiger partial charge in [0.2, 0.25) is 0 Å². The van der Waals surface area contributed by atoms with E-state index < -0.39 is 0 Å². The second-order valence-electron chi connectivity index (χ2n) is 4.84. The lowest BCUT2D eigenvalue weighted by molar-refractivity contribution is 0.581. The molecule has 4 heteroatoms. The van der Waals surface area contributed by atoms with E-state index in [1.807, 2.05) is 18.3 Å². The maximum absolute atomic E-state index is 13.8. The van der Waals surface area contributed by atoms with Gasteiger partial charge in [0.15, 0.2) is 0 Å². The molecule has 1 aliphatic carbocycles. The van der Waals surface area contributed by atoms with E-state index in [0.717, 1.165) is 11.3 Å². The monoisotopic (exact) mass is 245 g/mol. The minimum absolute atomic E-state index is 0.207. The van der Waals surface area contributed by atoms with E-state index in [9.17, 15) is 4.39 Å². The standard InChI is InChI=1S/C14H16FN3/c15-13-7-10(8-16)1-2-12(13)9-18-6-5-14(17-18)11-3-4-11/h1-2,5-7,11H,3-4,8-9,16H2. The van der Waals surface area contributed by atoms with Crippen molar-refractivity contribution < 1.29 is 4.39 Å². The van der Waals surface area contributed by atoms with E-state index in [0.29, 0.717) is 24.6 Å². The summed E-state index contributed by atoms with van der Waals surface area (Å²) in [6.07, 6.45) is 4.39. The maximum atomic E-state index is 13.8. The van der Waals surface area contributed by atoms with Crippen LogP contribution in [0.2, 0.25) is 0 Å². The Morgan fingerprint density at radius 1 is 1.33 bits per heavy atom. The van der Waals surface area contributed by atoms with E-state index in [1.54, 1.807) is 10.7 Å². The summed E-state index contributed by atoms with van der Waals surface area (Å²) < 4.78 is 15.6. The highest BCUT2D eigenvalue weighted by molar-refractivity contribution is 5.24. The zero-order valence-electron chi connectivity index (χ0n) is 10.1. The minimum atomic E-state index is -0.207. The fourth-order valence-electron chi connectivity index (χ4n) is 2.08. The van der Waals surface area contributed by atoms with E-state index in [-0.39, 0.29) is 5.82 Å². The molecule has 1 heterocycles. The van der Waals surface area contributed by atoms with Crippen LogP contribution < -0.4 is 5.73 Å². The van der Waals surface area contributed by atoms with Crippen molar-refractivity contribution >= 4 is 0 Å². The molecule has 3 nitrogen and oxygen atoms in total. The van der Waals surface area contributed by atoms with Crippen LogP contribution in [0.25, 0.3) is 0 Å². The van der Waals surface area contributed by atoms with Crippen LogP contribution in [0, 0.1) is 5.82 Å². The SMILES string of the molecule is NCc1ccc(Cn2ccc(C3CC3)n2)c(F)c1. The average Bonchev–Trinajstić information content (AvgIpc) is 3.13. The van der Waals surface area contributed by atoms with Gasteiger partial charge in [-0.05, 0) is 30.5 Å². The molecule has 0 amide bonds. The van der Waals surface area contributed by atoms with E-state index in [4.69, 9.17) is 5.73 Å². The van der Waals surface area contributed by atoms with Gasteiger partial charge in [-0.25, -0.2) is 4.39 Å². The molecule has 3 rings (SSSR count). The molecule has 1 fully saturated rings. The van der Waals surface area contributed by atoms with Crippen molar-refractivity contribution in [1.82, 2.24) is 9.78 Å². The maximum Gasteiger partial charge on any atom is 0.128 e. The third kappa shape index (κ3) is 2.29. The van der Waals surface area contributed by atoms with Crippen molar-refractivity contribution in [3.8, 4) is 0 Å². The van der Waals surface area contributed by atoms with Crippen molar-refractivity contribution in [2.45, 2.75) is 31.8 Å². The van der Waals surface area contributed by atoms with E-state index in [1.165, 1.54) is 18.9 Å². The highest BCUT2D eigenvalue weighted by Gasteiger charge is 2.25.